The molecule has 56 valence electrons. The molecule has 0 bridgehead atoms. The standard InChI is InChI=1S/C5H6ClNO2S/c6-1-2-7-4(10)3-5(8)9/h1-2H,3H2,(H,7,10)(H,8,9). The second-order valence-electron chi connectivity index (χ2n) is 1.43. The maximum atomic E-state index is 9.99. The van der Waals surface area contributed by atoms with Crippen molar-refractivity contribution in [3.63, 3.8) is 0 Å². The van der Waals surface area contributed by atoms with Crippen LogP contribution in [0.4, 0.5) is 0 Å². The molecule has 3 nitrogen and oxygen atoms in total. The summed E-state index contributed by atoms with van der Waals surface area (Å²) < 4.78 is 0. The Bertz CT molecular complexity index is 169. The van der Waals surface area contributed by atoms with Crippen molar-refractivity contribution in [1.29, 1.82) is 0 Å². The number of nitrogens with one attached hydrogen (secondary N) is 1. The number of thiocarbonyl (C=S) groups is 1. The van der Waals surface area contributed by atoms with Crippen molar-refractivity contribution in [2.24, 2.45) is 0 Å². The molecule has 0 amide bonds. The summed E-state index contributed by atoms with van der Waals surface area (Å²) in [7, 11) is 0. The summed E-state index contributed by atoms with van der Waals surface area (Å²) in [6.45, 7) is 0. The fourth-order valence-corrected chi connectivity index (χ4v) is 0.567. The van der Waals surface area contributed by atoms with Gasteiger partial charge < -0.3 is 10.4 Å². The molecule has 0 rings (SSSR count). The minimum Gasteiger partial charge on any atom is -0.481 e. The Morgan fingerprint density at radius 2 is 2.40 bits per heavy atom. The van der Waals surface area contributed by atoms with Gasteiger partial charge in [-0.25, -0.2) is 0 Å². The fourth-order valence-electron chi connectivity index (χ4n) is 0.313. The highest BCUT2D eigenvalue weighted by Crippen LogP contribution is 1.83. The molecular formula is C5H6ClNO2S. The first-order valence-electron chi connectivity index (χ1n) is 2.43. The SMILES string of the molecule is O=C(O)CC(=S)NC=CCl. The molecule has 0 aliphatic heterocycles. The molecule has 0 saturated heterocycles. The van der Waals surface area contributed by atoms with E-state index < -0.39 is 5.97 Å². The van der Waals surface area contributed by atoms with E-state index >= 15 is 0 Å². The van der Waals surface area contributed by atoms with Crippen molar-refractivity contribution in [3.05, 3.63) is 11.7 Å². The van der Waals surface area contributed by atoms with E-state index in [-0.39, 0.29) is 11.4 Å². The maximum Gasteiger partial charge on any atom is 0.310 e. The van der Waals surface area contributed by atoms with Crippen molar-refractivity contribution in [3.8, 4) is 0 Å². The van der Waals surface area contributed by atoms with Gasteiger partial charge in [0, 0.05) is 11.7 Å². The van der Waals surface area contributed by atoms with Crippen LogP contribution in [-0.2, 0) is 4.79 Å². The van der Waals surface area contributed by atoms with Crippen LogP contribution in [0.15, 0.2) is 11.7 Å². The first-order valence-corrected chi connectivity index (χ1v) is 3.27. The average Bonchev–Trinajstić information content (AvgIpc) is 1.82. The summed E-state index contributed by atoms with van der Waals surface area (Å²) in [4.78, 5) is 10.2. The van der Waals surface area contributed by atoms with E-state index in [0.717, 1.165) is 0 Å². The molecule has 0 spiro atoms. The third-order valence-corrected chi connectivity index (χ3v) is 1.01. The summed E-state index contributed by atoms with van der Waals surface area (Å²) in [5, 5.41) is 10.7. The third kappa shape index (κ3) is 5.53. The first-order chi connectivity index (χ1) is 4.66. The largest absolute Gasteiger partial charge is 0.481 e. The molecule has 5 heteroatoms. The molecule has 0 aromatic carbocycles. The molecular weight excluding hydrogens is 174 g/mol. The van der Waals surface area contributed by atoms with Crippen LogP contribution in [0, 0.1) is 0 Å². The molecule has 0 radical (unpaired) electrons. The van der Waals surface area contributed by atoms with Crippen molar-refractivity contribution in [2.75, 3.05) is 0 Å². The molecule has 0 fully saturated rings. The number of carbonyl (C=O) groups is 1. The molecule has 0 atom stereocenters. The Balaban J connectivity index is 3.54. The van der Waals surface area contributed by atoms with Gasteiger partial charge in [-0.1, -0.05) is 23.8 Å². The maximum absolute atomic E-state index is 9.99. The smallest absolute Gasteiger partial charge is 0.310 e. The van der Waals surface area contributed by atoms with Gasteiger partial charge in [-0.3, -0.25) is 4.79 Å². The quantitative estimate of drug-likeness (QED) is 0.637. The monoisotopic (exact) mass is 179 g/mol. The summed E-state index contributed by atoms with van der Waals surface area (Å²) in [5.74, 6) is -0.958. The van der Waals surface area contributed by atoms with Gasteiger partial charge in [0.1, 0.15) is 0 Å². The van der Waals surface area contributed by atoms with E-state index in [9.17, 15) is 4.79 Å². The number of carboxylic acid groups (broad SMARTS) is 1. The highest BCUT2D eigenvalue weighted by atomic mass is 35.5. The third-order valence-electron chi connectivity index (χ3n) is 0.619. The predicted molar refractivity (Wildman–Crippen MR) is 43.0 cm³/mol. The summed E-state index contributed by atoms with van der Waals surface area (Å²) in [5.41, 5.74) is 1.22. The molecule has 0 aliphatic rings. The van der Waals surface area contributed by atoms with Crippen LogP contribution in [0.25, 0.3) is 0 Å². The van der Waals surface area contributed by atoms with Gasteiger partial charge in [-0.05, 0) is 0 Å². The highest BCUT2D eigenvalue weighted by molar-refractivity contribution is 7.80. The molecule has 10 heavy (non-hydrogen) atoms. The zero-order valence-electron chi connectivity index (χ0n) is 5.00. The number of hydrogen-bond acceptors (Lipinski definition) is 2. The number of hydrogen-bond donors (Lipinski definition) is 2. The van der Waals surface area contributed by atoms with E-state index in [0.29, 0.717) is 0 Å². The second-order valence-corrected chi connectivity index (χ2v) is 2.18. The number of rotatable bonds is 3. The van der Waals surface area contributed by atoms with Gasteiger partial charge in [-0.15, -0.1) is 0 Å². The van der Waals surface area contributed by atoms with Crippen LogP contribution in [0.1, 0.15) is 6.42 Å². The lowest BCUT2D eigenvalue weighted by atomic mass is 10.4. The molecule has 2 N–H and O–H groups in total. The van der Waals surface area contributed by atoms with E-state index in [4.69, 9.17) is 16.7 Å². The van der Waals surface area contributed by atoms with Gasteiger partial charge in [-0.2, -0.15) is 0 Å². The zero-order chi connectivity index (χ0) is 7.98. The Labute approximate surface area is 68.7 Å². The number of carboxylic acids is 1. The molecule has 0 saturated carbocycles. The van der Waals surface area contributed by atoms with E-state index in [1.807, 2.05) is 0 Å². The first kappa shape index (κ1) is 9.39. The van der Waals surface area contributed by atoms with E-state index in [1.165, 1.54) is 11.7 Å². The Kier molecular flexibility index (Phi) is 4.88. The molecule has 0 unspecified atom stereocenters. The van der Waals surface area contributed by atoms with Crippen LogP contribution in [0.2, 0.25) is 0 Å². The lowest BCUT2D eigenvalue weighted by Crippen LogP contribution is -2.17. The average molecular weight is 180 g/mol. The predicted octanol–water partition coefficient (Wildman–Crippen LogP) is 1.09. The van der Waals surface area contributed by atoms with Gasteiger partial charge in [0.25, 0.3) is 0 Å². The minimum atomic E-state index is -0.958. The molecule has 0 aromatic heterocycles. The van der Waals surface area contributed by atoms with Crippen molar-refractivity contribution in [1.82, 2.24) is 5.32 Å². The van der Waals surface area contributed by atoms with Crippen molar-refractivity contribution < 1.29 is 9.90 Å². The number of halogens is 1. The minimum absolute atomic E-state index is 0.170. The molecule has 0 aromatic rings. The molecule has 0 aliphatic carbocycles. The Morgan fingerprint density at radius 3 is 2.80 bits per heavy atom. The number of aliphatic carboxylic acids is 1. The van der Waals surface area contributed by atoms with Gasteiger partial charge in [0.15, 0.2) is 0 Å². The van der Waals surface area contributed by atoms with Crippen LogP contribution in [0.5, 0.6) is 0 Å². The lowest BCUT2D eigenvalue weighted by molar-refractivity contribution is -0.135. The fraction of sp³-hybridized carbons (Fsp3) is 0.200. The second kappa shape index (κ2) is 5.20. The normalized spacial score (nSPS) is 9.70. The topological polar surface area (TPSA) is 49.3 Å². The van der Waals surface area contributed by atoms with E-state index in [1.54, 1.807) is 0 Å². The van der Waals surface area contributed by atoms with Gasteiger partial charge in [0.05, 0.1) is 11.4 Å². The summed E-state index contributed by atoms with van der Waals surface area (Å²) >= 11 is 9.73. The zero-order valence-corrected chi connectivity index (χ0v) is 6.58. The Hall–Kier alpha value is -0.610. The van der Waals surface area contributed by atoms with Crippen LogP contribution < -0.4 is 5.32 Å². The summed E-state index contributed by atoms with van der Waals surface area (Å²) in [6, 6.07) is 0. The highest BCUT2D eigenvalue weighted by Gasteiger charge is 1.99. The van der Waals surface area contributed by atoms with Crippen molar-refractivity contribution >= 4 is 34.8 Å². The van der Waals surface area contributed by atoms with Gasteiger partial charge in [0.2, 0.25) is 0 Å². The summed E-state index contributed by atoms with van der Waals surface area (Å²) in [6.07, 6.45) is 1.20. The van der Waals surface area contributed by atoms with Gasteiger partial charge >= 0.3 is 5.97 Å². The van der Waals surface area contributed by atoms with Crippen LogP contribution in [0.3, 0.4) is 0 Å². The Morgan fingerprint density at radius 1 is 1.80 bits per heavy atom. The van der Waals surface area contributed by atoms with E-state index in [2.05, 4.69) is 17.5 Å². The van der Waals surface area contributed by atoms with Crippen molar-refractivity contribution in [2.45, 2.75) is 6.42 Å². The lowest BCUT2D eigenvalue weighted by Gasteiger charge is -1.96. The van der Waals surface area contributed by atoms with Crippen LogP contribution >= 0.6 is 23.8 Å². The molecule has 0 heterocycles. The van der Waals surface area contributed by atoms with Crippen LogP contribution in [-0.4, -0.2) is 16.1 Å².